The van der Waals surface area contributed by atoms with E-state index in [9.17, 15) is 4.79 Å². The summed E-state index contributed by atoms with van der Waals surface area (Å²) >= 11 is 0. The average molecular weight is 462 g/mol. The molecular formula is C28H39N5O. The Morgan fingerprint density at radius 1 is 1.06 bits per heavy atom. The van der Waals surface area contributed by atoms with Gasteiger partial charge in [-0.2, -0.15) is 0 Å². The summed E-state index contributed by atoms with van der Waals surface area (Å²) in [6.45, 7) is 15.9. The third-order valence-electron chi connectivity index (χ3n) is 6.34. The number of rotatable bonds is 10. The van der Waals surface area contributed by atoms with E-state index in [2.05, 4.69) is 79.0 Å². The highest BCUT2D eigenvalue weighted by molar-refractivity contribution is 5.80. The number of hydrogen-bond donors (Lipinski definition) is 2. The Morgan fingerprint density at radius 2 is 1.71 bits per heavy atom. The van der Waals surface area contributed by atoms with Gasteiger partial charge in [0.1, 0.15) is 12.0 Å². The number of nitrogens with zero attached hydrogens (tertiary/aromatic N) is 3. The Kier molecular flexibility index (Phi) is 8.40. The van der Waals surface area contributed by atoms with E-state index in [1.807, 2.05) is 49.1 Å². The van der Waals surface area contributed by atoms with Crippen LogP contribution in [0, 0.1) is 5.92 Å². The number of hydrazine groups is 1. The maximum absolute atomic E-state index is 13.5. The highest BCUT2D eigenvalue weighted by Gasteiger charge is 2.43. The minimum atomic E-state index is -0.180. The van der Waals surface area contributed by atoms with Gasteiger partial charge in [0.25, 0.3) is 0 Å². The molecule has 2 N–H and O–H groups in total. The first-order valence-electron chi connectivity index (χ1n) is 11.9. The van der Waals surface area contributed by atoms with E-state index in [4.69, 9.17) is 0 Å². The standard InChI is InChI=1S/C28H39N5O/c1-20(2)26(17-23-13-15-25(29-6)16-14-23)32-27(34)19-31(7)33(28(32)21(3)4)22(5)30-18-24-11-9-8-10-12-24/h8-16,21,26,28-30H,1,5,17-19H2,2-4,6-7H3/t26-,28-/m0/s1. The highest BCUT2D eigenvalue weighted by atomic mass is 16.2. The van der Waals surface area contributed by atoms with E-state index in [-0.39, 0.29) is 30.6 Å². The molecule has 0 radical (unpaired) electrons. The second-order valence-corrected chi connectivity index (χ2v) is 9.42. The van der Waals surface area contributed by atoms with Crippen LogP contribution in [0.15, 0.2) is 79.1 Å². The van der Waals surface area contributed by atoms with Gasteiger partial charge in [-0.25, -0.2) is 5.01 Å². The normalized spacial score (nSPS) is 17.6. The molecule has 1 aliphatic rings. The number of anilines is 1. The summed E-state index contributed by atoms with van der Waals surface area (Å²) < 4.78 is 0. The van der Waals surface area contributed by atoms with Crippen molar-refractivity contribution < 1.29 is 4.79 Å². The van der Waals surface area contributed by atoms with E-state index in [0.29, 0.717) is 6.54 Å². The number of benzene rings is 2. The monoisotopic (exact) mass is 461 g/mol. The Balaban J connectivity index is 1.87. The summed E-state index contributed by atoms with van der Waals surface area (Å²) in [5, 5.41) is 10.7. The molecule has 1 fully saturated rings. The minimum absolute atomic E-state index is 0.105. The number of amides is 1. The van der Waals surface area contributed by atoms with Gasteiger partial charge in [-0.3, -0.25) is 9.80 Å². The first-order valence-corrected chi connectivity index (χ1v) is 11.9. The van der Waals surface area contributed by atoms with Crippen molar-refractivity contribution in [3.05, 3.63) is 90.3 Å². The molecule has 0 spiro atoms. The van der Waals surface area contributed by atoms with Crippen LogP contribution in [-0.2, 0) is 17.8 Å². The lowest BCUT2D eigenvalue weighted by Crippen LogP contribution is -2.68. The Morgan fingerprint density at radius 3 is 2.26 bits per heavy atom. The Hall–Kier alpha value is -3.25. The van der Waals surface area contributed by atoms with Gasteiger partial charge >= 0.3 is 0 Å². The largest absolute Gasteiger partial charge is 0.388 e. The molecular weight excluding hydrogens is 422 g/mol. The summed E-state index contributed by atoms with van der Waals surface area (Å²) in [5.74, 6) is 1.06. The van der Waals surface area contributed by atoms with Crippen molar-refractivity contribution in [3.8, 4) is 0 Å². The van der Waals surface area contributed by atoms with E-state index < -0.39 is 0 Å². The van der Waals surface area contributed by atoms with Gasteiger partial charge in [0.15, 0.2) is 0 Å². The fourth-order valence-corrected chi connectivity index (χ4v) is 4.57. The van der Waals surface area contributed by atoms with Gasteiger partial charge in [-0.1, -0.05) is 75.0 Å². The summed E-state index contributed by atoms with van der Waals surface area (Å²) in [5.41, 5.74) is 4.40. The van der Waals surface area contributed by atoms with Crippen LogP contribution in [0.5, 0.6) is 0 Å². The van der Waals surface area contributed by atoms with Crippen molar-refractivity contribution in [1.82, 2.24) is 20.2 Å². The Bertz CT molecular complexity index is 986. The molecule has 34 heavy (non-hydrogen) atoms. The van der Waals surface area contributed by atoms with Gasteiger partial charge in [0, 0.05) is 26.3 Å². The van der Waals surface area contributed by atoms with E-state index in [1.54, 1.807) is 0 Å². The fourth-order valence-electron chi connectivity index (χ4n) is 4.57. The molecule has 2 aromatic carbocycles. The van der Waals surface area contributed by atoms with Crippen LogP contribution >= 0.6 is 0 Å². The van der Waals surface area contributed by atoms with Gasteiger partial charge in [0.05, 0.1) is 12.6 Å². The molecule has 0 bridgehead atoms. The highest BCUT2D eigenvalue weighted by Crippen LogP contribution is 2.30. The molecule has 0 aromatic heterocycles. The molecule has 2 aromatic rings. The smallest absolute Gasteiger partial charge is 0.240 e. The number of likely N-dealkylation sites (N-methyl/N-ethyl adjacent to an activating group) is 1. The second-order valence-electron chi connectivity index (χ2n) is 9.42. The molecule has 1 aliphatic heterocycles. The summed E-state index contributed by atoms with van der Waals surface area (Å²) in [6.07, 6.45) is 0.538. The van der Waals surface area contributed by atoms with Gasteiger partial charge < -0.3 is 15.5 Å². The van der Waals surface area contributed by atoms with Gasteiger partial charge in [-0.15, -0.1) is 0 Å². The van der Waals surface area contributed by atoms with Crippen LogP contribution < -0.4 is 10.6 Å². The predicted molar refractivity (Wildman–Crippen MR) is 141 cm³/mol. The summed E-state index contributed by atoms with van der Waals surface area (Å²) in [6, 6.07) is 18.5. The minimum Gasteiger partial charge on any atom is -0.388 e. The molecule has 1 heterocycles. The van der Waals surface area contributed by atoms with Crippen LogP contribution in [0.1, 0.15) is 31.9 Å². The van der Waals surface area contributed by atoms with Crippen molar-refractivity contribution in [2.75, 3.05) is 26.0 Å². The maximum Gasteiger partial charge on any atom is 0.240 e. The predicted octanol–water partition coefficient (Wildman–Crippen LogP) is 4.45. The van der Waals surface area contributed by atoms with Crippen LogP contribution in [0.3, 0.4) is 0 Å². The molecule has 2 atom stereocenters. The number of carbonyl (C=O) groups is 1. The molecule has 0 unspecified atom stereocenters. The fraction of sp³-hybridized carbons (Fsp3) is 0.393. The van der Waals surface area contributed by atoms with Crippen molar-refractivity contribution in [2.24, 2.45) is 5.92 Å². The zero-order valence-electron chi connectivity index (χ0n) is 21.2. The third-order valence-corrected chi connectivity index (χ3v) is 6.34. The van der Waals surface area contributed by atoms with Crippen LogP contribution in [0.2, 0.25) is 0 Å². The number of nitrogens with one attached hydrogen (secondary N) is 2. The number of hydrogen-bond acceptors (Lipinski definition) is 5. The Labute approximate surface area is 204 Å². The topological polar surface area (TPSA) is 50.9 Å². The van der Waals surface area contributed by atoms with Crippen molar-refractivity contribution >= 4 is 11.6 Å². The van der Waals surface area contributed by atoms with Crippen molar-refractivity contribution in [1.29, 1.82) is 0 Å². The van der Waals surface area contributed by atoms with Crippen LogP contribution in [-0.4, -0.2) is 53.7 Å². The SMILES string of the molecule is C=C(C)[C@H](Cc1ccc(NC)cc1)N1C(=O)CN(C)N(C(=C)NCc2ccccc2)[C@H]1C(C)C. The molecule has 0 saturated carbocycles. The summed E-state index contributed by atoms with van der Waals surface area (Å²) in [4.78, 5) is 15.5. The molecule has 1 saturated heterocycles. The molecule has 6 heteroatoms. The maximum atomic E-state index is 13.5. The zero-order chi connectivity index (χ0) is 24.8. The first-order chi connectivity index (χ1) is 16.2. The molecule has 0 aliphatic carbocycles. The lowest BCUT2D eigenvalue weighted by molar-refractivity contribution is -0.178. The van der Waals surface area contributed by atoms with Crippen LogP contribution in [0.25, 0.3) is 0 Å². The third kappa shape index (κ3) is 5.81. The van der Waals surface area contributed by atoms with E-state index in [1.165, 1.54) is 11.1 Å². The van der Waals surface area contributed by atoms with Crippen LogP contribution in [0.4, 0.5) is 5.69 Å². The van der Waals surface area contributed by atoms with Gasteiger partial charge in [0.2, 0.25) is 5.91 Å². The average Bonchev–Trinajstić information content (AvgIpc) is 2.81. The van der Waals surface area contributed by atoms with Gasteiger partial charge in [-0.05, 0) is 42.5 Å². The van der Waals surface area contributed by atoms with E-state index in [0.717, 1.165) is 23.5 Å². The quantitative estimate of drug-likeness (QED) is 0.512. The van der Waals surface area contributed by atoms with E-state index >= 15 is 0 Å². The molecule has 6 nitrogen and oxygen atoms in total. The zero-order valence-corrected chi connectivity index (χ0v) is 21.2. The van der Waals surface area contributed by atoms with Crippen molar-refractivity contribution in [3.63, 3.8) is 0 Å². The summed E-state index contributed by atoms with van der Waals surface area (Å²) in [7, 11) is 3.86. The molecule has 1 amide bonds. The second kappa shape index (κ2) is 11.3. The lowest BCUT2D eigenvalue weighted by Gasteiger charge is -2.54. The lowest BCUT2D eigenvalue weighted by atomic mass is 9.95. The number of carbonyl (C=O) groups excluding carboxylic acids is 1. The van der Waals surface area contributed by atoms with Crippen molar-refractivity contribution in [2.45, 2.75) is 45.9 Å². The molecule has 182 valence electrons. The molecule has 3 rings (SSSR count). The first kappa shape index (κ1) is 25.4.